The van der Waals surface area contributed by atoms with Crippen molar-refractivity contribution in [3.63, 3.8) is 0 Å². The maximum Gasteiger partial charge on any atom is 0.128 e. The first kappa shape index (κ1) is 20.6. The fourth-order valence-corrected chi connectivity index (χ4v) is 6.11. The number of H-pyrrole nitrogens is 1. The Bertz CT molecular complexity index is 1180. The number of aromatic nitrogens is 1. The lowest BCUT2D eigenvalue weighted by Crippen LogP contribution is -2.45. The molecular weight excluding hydrogens is 404 g/mol. The van der Waals surface area contributed by atoms with Crippen molar-refractivity contribution in [1.82, 2.24) is 9.88 Å². The minimum atomic E-state index is -0.500. The van der Waals surface area contributed by atoms with Gasteiger partial charge in [-0.25, -0.2) is 0 Å². The fraction of sp³-hybridized carbons (Fsp3) is 0.385. The van der Waals surface area contributed by atoms with E-state index in [2.05, 4.69) is 48.0 Å². The molecule has 5 heteroatoms. The minimum Gasteiger partial charge on any atom is -0.490 e. The first-order chi connectivity index (χ1) is 15.1. The molecule has 1 fully saturated rings. The molecule has 1 aliphatic rings. The van der Waals surface area contributed by atoms with Crippen LogP contribution in [0.1, 0.15) is 36.1 Å². The lowest BCUT2D eigenvalue weighted by atomic mass is 9.90. The molecule has 31 heavy (non-hydrogen) atoms. The number of rotatable bonds is 6. The molecule has 0 radical (unpaired) electrons. The van der Waals surface area contributed by atoms with Gasteiger partial charge in [0.15, 0.2) is 0 Å². The van der Waals surface area contributed by atoms with Crippen molar-refractivity contribution in [2.24, 2.45) is 0 Å². The smallest absolute Gasteiger partial charge is 0.128 e. The average molecular weight is 435 g/mol. The standard InChI is InChI=1S/C26H30N2O2S/c1-17-6-7-19-14-26(31-25(19)12-17)20-9-11-28(18(2)13-20)15-21(29)16-30-24-5-3-4-23-22(24)8-10-27-23/h3-8,10,12,14,18,20-21,27,29H,9,11,13,15-16H2,1-2H3/t18-,20-,21+/m1/s1. The van der Waals surface area contributed by atoms with Gasteiger partial charge in [0, 0.05) is 39.3 Å². The fourth-order valence-electron chi connectivity index (χ4n) is 4.80. The number of aliphatic hydroxyl groups is 1. The van der Waals surface area contributed by atoms with Gasteiger partial charge in [0.05, 0.1) is 0 Å². The summed E-state index contributed by atoms with van der Waals surface area (Å²) in [5, 5.41) is 13.1. The highest BCUT2D eigenvalue weighted by molar-refractivity contribution is 7.19. The number of fused-ring (bicyclic) bond motifs is 2. The molecule has 1 saturated heterocycles. The van der Waals surface area contributed by atoms with Crippen molar-refractivity contribution in [1.29, 1.82) is 0 Å². The molecule has 4 nitrogen and oxygen atoms in total. The van der Waals surface area contributed by atoms with Crippen LogP contribution in [0.3, 0.4) is 0 Å². The Morgan fingerprint density at radius 2 is 2.13 bits per heavy atom. The molecular formula is C26H30N2O2S. The van der Waals surface area contributed by atoms with E-state index in [4.69, 9.17) is 4.74 Å². The van der Waals surface area contributed by atoms with Crippen LogP contribution < -0.4 is 4.74 Å². The highest BCUT2D eigenvalue weighted by atomic mass is 32.1. The predicted molar refractivity (Wildman–Crippen MR) is 129 cm³/mol. The van der Waals surface area contributed by atoms with E-state index in [9.17, 15) is 5.11 Å². The molecule has 2 aromatic heterocycles. The zero-order valence-corrected chi connectivity index (χ0v) is 19.0. The minimum absolute atomic E-state index is 0.312. The number of aromatic amines is 1. The summed E-state index contributed by atoms with van der Waals surface area (Å²) in [6.07, 6.45) is 3.70. The molecule has 0 saturated carbocycles. The van der Waals surface area contributed by atoms with Crippen LogP contribution in [-0.4, -0.2) is 46.8 Å². The van der Waals surface area contributed by atoms with Gasteiger partial charge >= 0.3 is 0 Å². The summed E-state index contributed by atoms with van der Waals surface area (Å²) in [7, 11) is 0. The molecule has 0 spiro atoms. The number of nitrogens with zero attached hydrogens (tertiary/aromatic N) is 1. The van der Waals surface area contributed by atoms with Crippen molar-refractivity contribution in [2.45, 2.75) is 44.8 Å². The average Bonchev–Trinajstić information content (AvgIpc) is 3.40. The second kappa shape index (κ2) is 8.65. The molecule has 162 valence electrons. The zero-order chi connectivity index (χ0) is 21.4. The highest BCUT2D eigenvalue weighted by Gasteiger charge is 2.28. The molecule has 0 unspecified atom stereocenters. The van der Waals surface area contributed by atoms with Gasteiger partial charge in [-0.15, -0.1) is 11.3 Å². The predicted octanol–water partition coefficient (Wildman–Crippen LogP) is 5.70. The largest absolute Gasteiger partial charge is 0.490 e. The molecule has 3 atom stereocenters. The van der Waals surface area contributed by atoms with Gasteiger partial charge < -0.3 is 14.8 Å². The number of hydrogen-bond donors (Lipinski definition) is 2. The third-order valence-electron chi connectivity index (χ3n) is 6.54. The molecule has 2 aromatic carbocycles. The van der Waals surface area contributed by atoms with Crippen LogP contribution in [0.5, 0.6) is 5.75 Å². The SMILES string of the molecule is Cc1ccc2cc([C@@H]3CCN(C[C@H](O)COc4cccc5[nH]ccc45)[C@H](C)C3)sc2c1. The maximum atomic E-state index is 10.6. The van der Waals surface area contributed by atoms with Crippen LogP contribution in [0.4, 0.5) is 0 Å². The van der Waals surface area contributed by atoms with E-state index in [1.807, 2.05) is 41.8 Å². The summed E-state index contributed by atoms with van der Waals surface area (Å²) in [5.41, 5.74) is 2.38. The molecule has 2 N–H and O–H groups in total. The first-order valence-corrected chi connectivity index (χ1v) is 12.0. The molecule has 5 rings (SSSR count). The van der Waals surface area contributed by atoms with Crippen molar-refractivity contribution in [2.75, 3.05) is 19.7 Å². The first-order valence-electron chi connectivity index (χ1n) is 11.2. The number of nitrogens with one attached hydrogen (secondary N) is 1. The van der Waals surface area contributed by atoms with Crippen LogP contribution in [0.2, 0.25) is 0 Å². The number of aliphatic hydroxyl groups excluding tert-OH is 1. The van der Waals surface area contributed by atoms with Gasteiger partial charge in [-0.2, -0.15) is 0 Å². The lowest BCUT2D eigenvalue weighted by molar-refractivity contribution is 0.0408. The molecule has 0 bridgehead atoms. The maximum absolute atomic E-state index is 10.6. The van der Waals surface area contributed by atoms with E-state index in [1.165, 1.54) is 20.5 Å². The quantitative estimate of drug-likeness (QED) is 0.409. The Morgan fingerprint density at radius 3 is 3.00 bits per heavy atom. The van der Waals surface area contributed by atoms with E-state index in [0.717, 1.165) is 36.0 Å². The number of hydrogen-bond acceptors (Lipinski definition) is 4. The molecule has 4 aromatic rings. The van der Waals surface area contributed by atoms with Crippen molar-refractivity contribution < 1.29 is 9.84 Å². The number of thiophene rings is 1. The van der Waals surface area contributed by atoms with Crippen LogP contribution in [0.15, 0.2) is 54.7 Å². The Labute approximate surface area is 187 Å². The van der Waals surface area contributed by atoms with E-state index in [0.29, 0.717) is 25.1 Å². The lowest BCUT2D eigenvalue weighted by Gasteiger charge is -2.38. The third kappa shape index (κ3) is 4.36. The zero-order valence-electron chi connectivity index (χ0n) is 18.2. The van der Waals surface area contributed by atoms with Crippen molar-refractivity contribution in [3.8, 4) is 5.75 Å². The van der Waals surface area contributed by atoms with E-state index >= 15 is 0 Å². The topological polar surface area (TPSA) is 48.5 Å². The van der Waals surface area contributed by atoms with E-state index in [1.54, 1.807) is 0 Å². The van der Waals surface area contributed by atoms with Crippen molar-refractivity contribution in [3.05, 3.63) is 65.2 Å². The summed E-state index contributed by atoms with van der Waals surface area (Å²) in [4.78, 5) is 7.12. The Kier molecular flexibility index (Phi) is 5.74. The van der Waals surface area contributed by atoms with Gasteiger partial charge in [-0.05, 0) is 80.4 Å². The number of ether oxygens (including phenoxy) is 1. The van der Waals surface area contributed by atoms with Gasteiger partial charge in [-0.3, -0.25) is 4.90 Å². The highest BCUT2D eigenvalue weighted by Crippen LogP contribution is 2.38. The second-order valence-electron chi connectivity index (χ2n) is 8.92. The monoisotopic (exact) mass is 434 g/mol. The van der Waals surface area contributed by atoms with E-state index in [-0.39, 0.29) is 0 Å². The van der Waals surface area contributed by atoms with Crippen molar-refractivity contribution >= 4 is 32.3 Å². The summed E-state index contributed by atoms with van der Waals surface area (Å²) < 4.78 is 7.35. The number of piperidine rings is 1. The van der Waals surface area contributed by atoms with Crippen LogP contribution in [0.25, 0.3) is 21.0 Å². The summed E-state index contributed by atoms with van der Waals surface area (Å²) in [6.45, 7) is 6.43. The Hall–Kier alpha value is -2.34. The molecule has 0 aliphatic carbocycles. The third-order valence-corrected chi connectivity index (χ3v) is 7.80. The number of likely N-dealkylation sites (tertiary alicyclic amines) is 1. The van der Waals surface area contributed by atoms with Crippen LogP contribution in [-0.2, 0) is 0 Å². The Balaban J connectivity index is 1.17. The normalized spacial score (nSPS) is 21.0. The van der Waals surface area contributed by atoms with Gasteiger partial charge in [0.25, 0.3) is 0 Å². The van der Waals surface area contributed by atoms with Crippen LogP contribution >= 0.6 is 11.3 Å². The van der Waals surface area contributed by atoms with Gasteiger partial charge in [0.1, 0.15) is 18.5 Å². The van der Waals surface area contributed by atoms with Crippen LogP contribution in [0, 0.1) is 6.92 Å². The Morgan fingerprint density at radius 1 is 1.23 bits per heavy atom. The number of benzene rings is 2. The van der Waals surface area contributed by atoms with Gasteiger partial charge in [-0.1, -0.05) is 18.2 Å². The number of aryl methyl sites for hydroxylation is 1. The molecule has 0 amide bonds. The van der Waals surface area contributed by atoms with E-state index < -0.39 is 6.10 Å². The molecule has 3 heterocycles. The second-order valence-corrected chi connectivity index (χ2v) is 10.0. The summed E-state index contributed by atoms with van der Waals surface area (Å²) in [6, 6.07) is 17.6. The molecule has 1 aliphatic heterocycles. The van der Waals surface area contributed by atoms with Gasteiger partial charge in [0.2, 0.25) is 0 Å². The summed E-state index contributed by atoms with van der Waals surface area (Å²) >= 11 is 1.95. The number of β-amino-alcohol motifs (C(OH)–C–C–N with tert-alkyl or cyclic N) is 1. The summed E-state index contributed by atoms with van der Waals surface area (Å²) in [5.74, 6) is 1.44.